The van der Waals surface area contributed by atoms with Gasteiger partial charge in [0.15, 0.2) is 10.6 Å². The Morgan fingerprint density at radius 3 is 2.00 bits per heavy atom. The summed E-state index contributed by atoms with van der Waals surface area (Å²) in [5, 5.41) is 9.74. The van der Waals surface area contributed by atoms with Gasteiger partial charge in [-0.05, 0) is 42.7 Å². The number of rotatable bonds is 13. The van der Waals surface area contributed by atoms with E-state index in [0.29, 0.717) is 5.75 Å². The van der Waals surface area contributed by atoms with Gasteiger partial charge in [0.1, 0.15) is 11.5 Å². The molecule has 0 aliphatic carbocycles. The van der Waals surface area contributed by atoms with Gasteiger partial charge in [-0.3, -0.25) is 4.55 Å². The zero-order valence-electron chi connectivity index (χ0n) is 17.1. The van der Waals surface area contributed by atoms with Crippen molar-refractivity contribution >= 4 is 10.1 Å². The van der Waals surface area contributed by atoms with Crippen molar-refractivity contribution in [3.8, 4) is 17.2 Å². The van der Waals surface area contributed by atoms with E-state index in [0.717, 1.165) is 12.8 Å². The highest BCUT2D eigenvalue weighted by Crippen LogP contribution is 2.35. The lowest BCUT2D eigenvalue weighted by atomic mass is 10.0. The zero-order valence-corrected chi connectivity index (χ0v) is 18.0. The minimum atomic E-state index is -4.59. The Morgan fingerprint density at radius 2 is 1.41 bits per heavy atom. The predicted octanol–water partition coefficient (Wildman–Crippen LogP) is 6.50. The normalized spacial score (nSPS) is 11.5. The van der Waals surface area contributed by atoms with E-state index < -0.39 is 20.8 Å². The molecule has 2 rings (SSSR count). The summed E-state index contributed by atoms with van der Waals surface area (Å²) in [5.74, 6) is -0.220. The smallest absolute Gasteiger partial charge is 0.301 e. The van der Waals surface area contributed by atoms with E-state index in [-0.39, 0.29) is 5.75 Å². The van der Waals surface area contributed by atoms with Gasteiger partial charge in [-0.25, -0.2) is 0 Å². The van der Waals surface area contributed by atoms with Crippen molar-refractivity contribution in [1.29, 1.82) is 0 Å². The topological polar surface area (TPSA) is 83.8 Å². The molecule has 160 valence electrons. The third-order valence-corrected chi connectivity index (χ3v) is 5.86. The minimum absolute atomic E-state index is 0.112. The Kier molecular flexibility index (Phi) is 9.48. The molecule has 0 bridgehead atoms. The Morgan fingerprint density at radius 1 is 0.828 bits per heavy atom. The Hall–Kier alpha value is -2.05. The van der Waals surface area contributed by atoms with Gasteiger partial charge in [0.05, 0.1) is 0 Å². The molecule has 0 spiro atoms. The monoisotopic (exact) mass is 420 g/mol. The van der Waals surface area contributed by atoms with Gasteiger partial charge in [-0.2, -0.15) is 8.42 Å². The number of phenolic OH excluding ortho intramolecular Hbond substituents is 1. The number of phenols is 1. The molecule has 0 heterocycles. The molecule has 2 aromatic rings. The summed E-state index contributed by atoms with van der Waals surface area (Å²) in [4.78, 5) is -0.626. The Balaban J connectivity index is 1.79. The van der Waals surface area contributed by atoms with Crippen molar-refractivity contribution in [2.24, 2.45) is 0 Å². The molecule has 2 aromatic carbocycles. The highest BCUT2D eigenvalue weighted by atomic mass is 32.2. The van der Waals surface area contributed by atoms with E-state index in [1.165, 1.54) is 75.1 Å². The molecule has 5 nitrogen and oxygen atoms in total. The van der Waals surface area contributed by atoms with Crippen LogP contribution in [0.3, 0.4) is 0 Å². The number of benzene rings is 2. The van der Waals surface area contributed by atoms with E-state index >= 15 is 0 Å². The molecule has 0 aromatic heterocycles. The standard InChI is InChI=1S/C23H32O5S/c1-2-3-4-5-6-7-8-9-10-12-19-15-17-20(18-16-19)28-22-14-11-13-21(24)23(22)29(25,26)27/h11,13-18,24H,2-10,12H2,1H3,(H,25,26,27). The Bertz CT molecular complexity index is 844. The van der Waals surface area contributed by atoms with E-state index in [4.69, 9.17) is 4.74 Å². The fourth-order valence-corrected chi connectivity index (χ4v) is 4.03. The first-order chi connectivity index (χ1) is 13.9. The number of hydrogen-bond acceptors (Lipinski definition) is 4. The minimum Gasteiger partial charge on any atom is -0.506 e. The van der Waals surface area contributed by atoms with Crippen LogP contribution in [0.15, 0.2) is 47.4 Å². The van der Waals surface area contributed by atoms with Crippen LogP contribution in [0.4, 0.5) is 0 Å². The summed E-state index contributed by atoms with van der Waals surface area (Å²) in [5.41, 5.74) is 1.20. The quantitative estimate of drug-likeness (QED) is 0.285. The molecular formula is C23H32O5S. The summed E-state index contributed by atoms with van der Waals surface area (Å²) in [6, 6.07) is 11.5. The molecule has 0 saturated carbocycles. The summed E-state index contributed by atoms with van der Waals surface area (Å²) in [6.45, 7) is 2.24. The van der Waals surface area contributed by atoms with Gasteiger partial charge in [-0.1, -0.05) is 76.5 Å². The van der Waals surface area contributed by atoms with Gasteiger partial charge in [-0.15, -0.1) is 0 Å². The van der Waals surface area contributed by atoms with Crippen molar-refractivity contribution in [2.75, 3.05) is 0 Å². The summed E-state index contributed by atoms with van der Waals surface area (Å²) < 4.78 is 37.9. The molecule has 0 aliphatic heterocycles. The van der Waals surface area contributed by atoms with E-state index in [9.17, 15) is 18.1 Å². The third kappa shape index (κ3) is 8.07. The lowest BCUT2D eigenvalue weighted by Gasteiger charge is -2.11. The highest BCUT2D eigenvalue weighted by Gasteiger charge is 2.22. The number of hydrogen-bond donors (Lipinski definition) is 2. The lowest BCUT2D eigenvalue weighted by molar-refractivity contribution is 0.415. The van der Waals surface area contributed by atoms with Crippen molar-refractivity contribution in [1.82, 2.24) is 0 Å². The fraction of sp³-hybridized carbons (Fsp3) is 0.478. The van der Waals surface area contributed by atoms with E-state index in [1.807, 2.05) is 12.1 Å². The summed E-state index contributed by atoms with van der Waals surface area (Å²) in [6.07, 6.45) is 12.7. The van der Waals surface area contributed by atoms with Gasteiger partial charge in [0, 0.05) is 0 Å². The maximum Gasteiger partial charge on any atom is 0.301 e. The van der Waals surface area contributed by atoms with Crippen LogP contribution in [0.25, 0.3) is 0 Å². The van der Waals surface area contributed by atoms with Crippen LogP contribution < -0.4 is 4.74 Å². The second kappa shape index (κ2) is 11.8. The largest absolute Gasteiger partial charge is 0.506 e. The molecule has 2 N–H and O–H groups in total. The average Bonchev–Trinajstić information content (AvgIpc) is 2.67. The summed E-state index contributed by atoms with van der Waals surface area (Å²) >= 11 is 0. The van der Waals surface area contributed by atoms with Crippen LogP contribution in [0.1, 0.15) is 70.3 Å². The third-order valence-electron chi connectivity index (χ3n) is 4.94. The second-order valence-electron chi connectivity index (χ2n) is 7.40. The first-order valence-corrected chi connectivity index (χ1v) is 11.9. The first-order valence-electron chi connectivity index (χ1n) is 10.5. The van der Waals surface area contributed by atoms with Gasteiger partial charge >= 0.3 is 10.1 Å². The van der Waals surface area contributed by atoms with Gasteiger partial charge in [0.2, 0.25) is 0 Å². The molecule has 6 heteroatoms. The average molecular weight is 421 g/mol. The van der Waals surface area contributed by atoms with Crippen LogP contribution in [0.2, 0.25) is 0 Å². The molecule has 0 aliphatic rings. The van der Waals surface area contributed by atoms with Crippen LogP contribution in [0.5, 0.6) is 17.2 Å². The zero-order chi connectivity index (χ0) is 21.1. The van der Waals surface area contributed by atoms with Crippen LogP contribution in [-0.2, 0) is 16.5 Å². The van der Waals surface area contributed by atoms with E-state index in [2.05, 4.69) is 6.92 Å². The maximum atomic E-state index is 11.5. The van der Waals surface area contributed by atoms with Crippen molar-refractivity contribution in [3.05, 3.63) is 48.0 Å². The molecule has 29 heavy (non-hydrogen) atoms. The molecular weight excluding hydrogens is 388 g/mol. The molecule has 0 unspecified atom stereocenters. The Labute approximate surface area is 174 Å². The predicted molar refractivity (Wildman–Crippen MR) is 115 cm³/mol. The number of unbranched alkanes of at least 4 members (excludes halogenated alkanes) is 8. The maximum absolute atomic E-state index is 11.5. The fourth-order valence-electron chi connectivity index (χ4n) is 3.33. The van der Waals surface area contributed by atoms with Gasteiger partial charge in [0.25, 0.3) is 0 Å². The highest BCUT2D eigenvalue weighted by molar-refractivity contribution is 7.86. The summed E-state index contributed by atoms with van der Waals surface area (Å²) in [7, 11) is -4.59. The second-order valence-corrected chi connectivity index (χ2v) is 8.76. The van der Waals surface area contributed by atoms with Crippen molar-refractivity contribution in [2.45, 2.75) is 76.0 Å². The van der Waals surface area contributed by atoms with Crippen molar-refractivity contribution < 1.29 is 22.8 Å². The van der Waals surface area contributed by atoms with Crippen LogP contribution >= 0.6 is 0 Å². The van der Waals surface area contributed by atoms with E-state index in [1.54, 1.807) is 12.1 Å². The van der Waals surface area contributed by atoms with Crippen molar-refractivity contribution in [3.63, 3.8) is 0 Å². The molecule has 0 atom stereocenters. The van der Waals surface area contributed by atoms with Gasteiger partial charge < -0.3 is 9.84 Å². The lowest BCUT2D eigenvalue weighted by Crippen LogP contribution is -2.01. The number of ether oxygens (including phenoxy) is 1. The van der Waals surface area contributed by atoms with Crippen LogP contribution in [-0.4, -0.2) is 18.1 Å². The number of aromatic hydroxyl groups is 1. The number of aryl methyl sites for hydroxylation is 1. The molecule has 0 radical (unpaired) electrons. The SMILES string of the molecule is CCCCCCCCCCCc1ccc(Oc2cccc(O)c2S(=O)(=O)O)cc1. The molecule has 0 fully saturated rings. The molecule has 0 saturated heterocycles. The molecule has 0 amide bonds. The first kappa shape index (κ1) is 23.2. The van der Waals surface area contributed by atoms with Crippen LogP contribution in [0, 0.1) is 0 Å².